The predicted octanol–water partition coefficient (Wildman–Crippen LogP) is 1.06. The van der Waals surface area contributed by atoms with E-state index in [2.05, 4.69) is 11.8 Å². The first-order chi connectivity index (χ1) is 9.95. The van der Waals surface area contributed by atoms with Crippen molar-refractivity contribution < 1.29 is 8.42 Å². The molecule has 0 saturated carbocycles. The second kappa shape index (κ2) is 7.80. The number of nitrogens with zero attached hydrogens (tertiary/aromatic N) is 2. The smallest absolute Gasteiger partial charge is 0.230 e. The minimum atomic E-state index is -3.60. The van der Waals surface area contributed by atoms with Gasteiger partial charge in [-0.3, -0.25) is 0 Å². The van der Waals surface area contributed by atoms with E-state index in [0.717, 1.165) is 11.1 Å². The largest absolute Gasteiger partial charge is 0.320 e. The topological polar surface area (TPSA) is 87.2 Å². The Bertz CT molecular complexity index is 664. The number of rotatable bonds is 5. The Hall–Kier alpha value is -1.86. The van der Waals surface area contributed by atoms with Crippen molar-refractivity contribution in [1.82, 2.24) is 4.31 Å². The maximum atomic E-state index is 12.2. The molecule has 1 rings (SSSR count). The zero-order chi connectivity index (χ0) is 15.9. The van der Waals surface area contributed by atoms with Crippen LogP contribution in [0.3, 0.4) is 0 Å². The number of nitrogens with two attached hydrogens (primary N) is 1. The van der Waals surface area contributed by atoms with Crippen molar-refractivity contribution in [2.45, 2.75) is 25.1 Å². The molecule has 1 aromatic rings. The van der Waals surface area contributed by atoms with Gasteiger partial charge in [0.25, 0.3) is 0 Å². The van der Waals surface area contributed by atoms with Crippen LogP contribution < -0.4 is 5.73 Å². The summed E-state index contributed by atoms with van der Waals surface area (Å²) in [6.07, 6.45) is 0.275. The highest BCUT2D eigenvalue weighted by Crippen LogP contribution is 2.14. The minimum Gasteiger partial charge on any atom is -0.320 e. The Balaban J connectivity index is 2.84. The monoisotopic (exact) mass is 305 g/mol. The van der Waals surface area contributed by atoms with Gasteiger partial charge in [-0.15, -0.1) is 0 Å². The van der Waals surface area contributed by atoms with Crippen molar-refractivity contribution in [3.63, 3.8) is 0 Å². The molecule has 0 radical (unpaired) electrons. The number of hydrogen-bond donors (Lipinski definition) is 1. The van der Waals surface area contributed by atoms with Gasteiger partial charge in [0.15, 0.2) is 5.25 Å². The van der Waals surface area contributed by atoms with Crippen molar-refractivity contribution in [3.8, 4) is 17.9 Å². The van der Waals surface area contributed by atoms with Crippen molar-refractivity contribution in [2.75, 3.05) is 13.6 Å². The summed E-state index contributed by atoms with van der Waals surface area (Å²) in [6, 6.07) is 9.11. The molecule has 0 aliphatic rings. The number of benzene rings is 1. The molecule has 0 heterocycles. The van der Waals surface area contributed by atoms with E-state index in [4.69, 9.17) is 11.0 Å². The van der Waals surface area contributed by atoms with Crippen LogP contribution in [0, 0.1) is 23.2 Å². The van der Waals surface area contributed by atoms with Crippen molar-refractivity contribution in [2.24, 2.45) is 5.73 Å². The fraction of sp³-hybridized carbons (Fsp3) is 0.400. The quantitative estimate of drug-likeness (QED) is 0.824. The Kier molecular flexibility index (Phi) is 6.39. The molecule has 0 aromatic heterocycles. The van der Waals surface area contributed by atoms with Crippen molar-refractivity contribution >= 4 is 10.0 Å². The maximum absolute atomic E-state index is 12.2. The first kappa shape index (κ1) is 17.2. The molecule has 0 fully saturated rings. The highest BCUT2D eigenvalue weighted by molar-refractivity contribution is 7.89. The molecule has 1 atom stereocenters. The number of hydrogen-bond acceptors (Lipinski definition) is 4. The minimum absolute atomic E-state index is 0.227. The normalized spacial score (nSPS) is 12.3. The van der Waals surface area contributed by atoms with Gasteiger partial charge in [0.1, 0.15) is 0 Å². The van der Waals surface area contributed by atoms with E-state index < -0.39 is 15.3 Å². The van der Waals surface area contributed by atoms with Crippen LogP contribution in [0.2, 0.25) is 0 Å². The van der Waals surface area contributed by atoms with Crippen LogP contribution in [0.15, 0.2) is 24.3 Å². The summed E-state index contributed by atoms with van der Waals surface area (Å²) in [4.78, 5) is 0. The van der Waals surface area contributed by atoms with E-state index in [1.807, 2.05) is 30.3 Å². The molecule has 0 aliphatic heterocycles. The van der Waals surface area contributed by atoms with E-state index in [-0.39, 0.29) is 13.0 Å². The molecule has 0 bridgehead atoms. The SMILES string of the molecule is CCC(C#N)S(=O)(=O)N(C)Cc1ccc(C#CCN)cc1. The molecule has 0 spiro atoms. The Morgan fingerprint density at radius 2 is 1.95 bits per heavy atom. The van der Waals surface area contributed by atoms with Gasteiger partial charge in [-0.1, -0.05) is 30.9 Å². The van der Waals surface area contributed by atoms with Gasteiger partial charge in [-0.25, -0.2) is 8.42 Å². The van der Waals surface area contributed by atoms with E-state index in [0.29, 0.717) is 6.54 Å². The van der Waals surface area contributed by atoms with Crippen LogP contribution in [-0.4, -0.2) is 31.6 Å². The van der Waals surface area contributed by atoms with Gasteiger partial charge in [0, 0.05) is 19.2 Å². The highest BCUT2D eigenvalue weighted by atomic mass is 32.2. The summed E-state index contributed by atoms with van der Waals surface area (Å²) in [5, 5.41) is 7.91. The molecular weight excluding hydrogens is 286 g/mol. The van der Waals surface area contributed by atoms with Crippen molar-refractivity contribution in [1.29, 1.82) is 5.26 Å². The summed E-state index contributed by atoms with van der Waals surface area (Å²) in [7, 11) is -2.11. The van der Waals surface area contributed by atoms with Crippen LogP contribution in [0.4, 0.5) is 0 Å². The van der Waals surface area contributed by atoms with Gasteiger partial charge in [0.05, 0.1) is 12.6 Å². The van der Waals surface area contributed by atoms with Crippen molar-refractivity contribution in [3.05, 3.63) is 35.4 Å². The van der Waals surface area contributed by atoms with Gasteiger partial charge < -0.3 is 5.73 Å². The van der Waals surface area contributed by atoms with E-state index in [1.54, 1.807) is 6.92 Å². The predicted molar refractivity (Wildman–Crippen MR) is 82.5 cm³/mol. The first-order valence-corrected chi connectivity index (χ1v) is 8.08. The molecule has 0 aliphatic carbocycles. The van der Waals surface area contributed by atoms with Crippen LogP contribution >= 0.6 is 0 Å². The average Bonchev–Trinajstić information content (AvgIpc) is 2.47. The van der Waals surface area contributed by atoms with Crippen LogP contribution in [-0.2, 0) is 16.6 Å². The standard InChI is InChI=1S/C15H19N3O2S/c1-3-15(11-17)21(19,20)18(2)12-14-8-6-13(7-9-14)5-4-10-16/h6-9,15H,3,10,12,16H2,1-2H3. The maximum Gasteiger partial charge on any atom is 0.230 e. The lowest BCUT2D eigenvalue weighted by atomic mass is 10.1. The molecule has 21 heavy (non-hydrogen) atoms. The summed E-state index contributed by atoms with van der Waals surface area (Å²) in [5.41, 5.74) is 6.97. The third-order valence-corrected chi connectivity index (χ3v) is 5.16. The molecule has 1 aromatic carbocycles. The Morgan fingerprint density at radius 1 is 1.33 bits per heavy atom. The second-order valence-electron chi connectivity index (χ2n) is 4.53. The first-order valence-electron chi connectivity index (χ1n) is 6.58. The lowest BCUT2D eigenvalue weighted by Crippen LogP contribution is -2.34. The molecular formula is C15H19N3O2S. The lowest BCUT2D eigenvalue weighted by molar-refractivity contribution is 0.460. The zero-order valence-corrected chi connectivity index (χ0v) is 13.0. The molecule has 0 saturated heterocycles. The molecule has 6 heteroatoms. The van der Waals surface area contributed by atoms with Crippen LogP contribution in [0.1, 0.15) is 24.5 Å². The van der Waals surface area contributed by atoms with Gasteiger partial charge in [0.2, 0.25) is 10.0 Å². The fourth-order valence-electron chi connectivity index (χ4n) is 1.78. The van der Waals surface area contributed by atoms with Gasteiger partial charge in [-0.05, 0) is 24.1 Å². The lowest BCUT2D eigenvalue weighted by Gasteiger charge is -2.19. The molecule has 5 nitrogen and oxygen atoms in total. The Morgan fingerprint density at radius 3 is 2.43 bits per heavy atom. The third kappa shape index (κ3) is 4.57. The van der Waals surface area contributed by atoms with Gasteiger partial charge in [-0.2, -0.15) is 9.57 Å². The van der Waals surface area contributed by atoms with E-state index in [1.165, 1.54) is 11.4 Å². The van der Waals surface area contributed by atoms with Crippen LogP contribution in [0.25, 0.3) is 0 Å². The van der Waals surface area contributed by atoms with Gasteiger partial charge >= 0.3 is 0 Å². The molecule has 1 unspecified atom stereocenters. The second-order valence-corrected chi connectivity index (χ2v) is 6.75. The van der Waals surface area contributed by atoms with E-state index in [9.17, 15) is 8.42 Å². The zero-order valence-electron chi connectivity index (χ0n) is 12.2. The summed E-state index contributed by atoms with van der Waals surface area (Å²) in [5.74, 6) is 5.66. The number of sulfonamides is 1. The molecule has 2 N–H and O–H groups in total. The molecule has 0 amide bonds. The van der Waals surface area contributed by atoms with E-state index >= 15 is 0 Å². The summed E-state index contributed by atoms with van der Waals surface area (Å²) < 4.78 is 25.6. The highest BCUT2D eigenvalue weighted by Gasteiger charge is 2.28. The number of nitriles is 1. The molecule has 112 valence electrons. The third-order valence-electron chi connectivity index (χ3n) is 3.00. The summed E-state index contributed by atoms with van der Waals surface area (Å²) >= 11 is 0. The average molecular weight is 305 g/mol. The summed E-state index contributed by atoms with van der Waals surface area (Å²) in [6.45, 7) is 2.21. The Labute approximate surface area is 126 Å². The fourth-order valence-corrected chi connectivity index (χ4v) is 3.10. The van der Waals surface area contributed by atoms with Crippen LogP contribution in [0.5, 0.6) is 0 Å².